The van der Waals surface area contributed by atoms with Crippen LogP contribution in [0.25, 0.3) is 5.69 Å². The molecule has 2 aromatic rings. The second-order valence-electron chi connectivity index (χ2n) is 3.69. The molecule has 0 spiro atoms. The Morgan fingerprint density at radius 2 is 2.00 bits per heavy atom. The zero-order valence-electron chi connectivity index (χ0n) is 9.93. The van der Waals surface area contributed by atoms with Gasteiger partial charge in [0, 0.05) is 6.54 Å². The van der Waals surface area contributed by atoms with E-state index in [1.807, 2.05) is 38.1 Å². The average molecular weight is 249 g/mol. The van der Waals surface area contributed by atoms with Crippen LogP contribution >= 0.6 is 11.5 Å². The summed E-state index contributed by atoms with van der Waals surface area (Å²) in [7, 11) is 0. The molecule has 0 unspecified atom stereocenters. The van der Waals surface area contributed by atoms with Crippen molar-refractivity contribution in [1.82, 2.24) is 8.52 Å². The lowest BCUT2D eigenvalue weighted by molar-refractivity contribution is 0.748. The molecule has 0 radical (unpaired) electrons. The largest absolute Gasteiger partial charge is 0.344 e. The first-order valence-corrected chi connectivity index (χ1v) is 6.42. The second kappa shape index (κ2) is 4.71. The summed E-state index contributed by atoms with van der Waals surface area (Å²) in [6, 6.07) is 7.74. The number of hydrogen-bond acceptors (Lipinski definition) is 3. The van der Waals surface area contributed by atoms with Gasteiger partial charge in [0.05, 0.1) is 5.69 Å². The van der Waals surface area contributed by atoms with E-state index in [4.69, 9.17) is 5.41 Å². The third kappa shape index (κ3) is 1.98. The number of para-hydroxylation sites is 1. The zero-order valence-corrected chi connectivity index (χ0v) is 10.8. The van der Waals surface area contributed by atoms with Gasteiger partial charge in [-0.25, -0.2) is 13.3 Å². The Balaban J connectivity index is 2.73. The van der Waals surface area contributed by atoms with Crippen LogP contribution in [0.5, 0.6) is 0 Å². The highest BCUT2D eigenvalue weighted by Gasteiger charge is 2.10. The number of benzene rings is 1. The van der Waals surface area contributed by atoms with E-state index in [0.29, 0.717) is 6.54 Å². The van der Waals surface area contributed by atoms with Crippen molar-refractivity contribution in [3.05, 3.63) is 45.1 Å². The van der Waals surface area contributed by atoms with Gasteiger partial charge < -0.3 is 0 Å². The minimum absolute atomic E-state index is 0.122. The van der Waals surface area contributed by atoms with Crippen LogP contribution in [0.2, 0.25) is 0 Å². The summed E-state index contributed by atoms with van der Waals surface area (Å²) in [5.41, 5.74) is 1.79. The number of nitrogens with zero attached hydrogens (tertiary/aromatic N) is 2. The van der Waals surface area contributed by atoms with Crippen molar-refractivity contribution in [2.24, 2.45) is 0 Å². The van der Waals surface area contributed by atoms with Crippen molar-refractivity contribution in [3.63, 3.8) is 0 Å². The van der Waals surface area contributed by atoms with E-state index < -0.39 is 0 Å². The van der Waals surface area contributed by atoms with Gasteiger partial charge in [-0.2, -0.15) is 0 Å². The number of rotatable bonds is 3. The Bertz CT molecular complexity index is 636. The van der Waals surface area contributed by atoms with Gasteiger partial charge in [0.1, 0.15) is 0 Å². The molecule has 0 fully saturated rings. The third-order valence-electron chi connectivity index (χ3n) is 2.71. The molecule has 0 saturated heterocycles. The lowest BCUT2D eigenvalue weighted by atomic mass is 10.1. The normalized spacial score (nSPS) is 10.7. The van der Waals surface area contributed by atoms with Crippen molar-refractivity contribution in [2.75, 3.05) is 0 Å². The fourth-order valence-corrected chi connectivity index (χ4v) is 2.58. The van der Waals surface area contributed by atoms with E-state index in [9.17, 15) is 4.79 Å². The monoisotopic (exact) mass is 249 g/mol. The zero-order chi connectivity index (χ0) is 12.4. The highest BCUT2D eigenvalue weighted by atomic mass is 32.1. The summed E-state index contributed by atoms with van der Waals surface area (Å²) in [5, 5.41) is 7.91. The molecule has 0 aliphatic carbocycles. The van der Waals surface area contributed by atoms with E-state index in [0.717, 1.165) is 17.7 Å². The van der Waals surface area contributed by atoms with Crippen LogP contribution in [-0.2, 0) is 13.0 Å². The van der Waals surface area contributed by atoms with Crippen LogP contribution < -0.4 is 10.5 Å². The van der Waals surface area contributed by atoms with Gasteiger partial charge in [0.2, 0.25) is 4.80 Å². The Morgan fingerprint density at radius 1 is 1.29 bits per heavy atom. The van der Waals surface area contributed by atoms with Gasteiger partial charge in [-0.15, -0.1) is 0 Å². The molecule has 1 aromatic carbocycles. The lowest BCUT2D eigenvalue weighted by Gasteiger charge is -2.06. The molecule has 17 heavy (non-hydrogen) atoms. The van der Waals surface area contributed by atoms with E-state index in [1.54, 1.807) is 3.96 Å². The molecule has 1 N–H and O–H groups in total. The molecule has 2 rings (SSSR count). The lowest BCUT2D eigenvalue weighted by Crippen LogP contribution is -2.28. The van der Waals surface area contributed by atoms with Gasteiger partial charge in [-0.1, -0.05) is 25.1 Å². The molecule has 90 valence electrons. The molecule has 1 heterocycles. The Labute approximate surface area is 103 Å². The predicted octanol–water partition coefficient (Wildman–Crippen LogP) is 1.76. The highest BCUT2D eigenvalue weighted by molar-refractivity contribution is 7.03. The molecule has 0 amide bonds. The van der Waals surface area contributed by atoms with Crippen LogP contribution in [0.1, 0.15) is 19.4 Å². The van der Waals surface area contributed by atoms with Gasteiger partial charge in [0.15, 0.2) is 0 Å². The van der Waals surface area contributed by atoms with Crippen LogP contribution in [0, 0.1) is 5.41 Å². The van der Waals surface area contributed by atoms with E-state index in [1.165, 1.54) is 16.1 Å². The molecule has 5 heteroatoms. The average Bonchev–Trinajstić information content (AvgIpc) is 2.64. The molecule has 4 nitrogen and oxygen atoms in total. The smallest absolute Gasteiger partial charge is 0.273 e. The van der Waals surface area contributed by atoms with E-state index >= 15 is 0 Å². The first-order chi connectivity index (χ1) is 8.19. The van der Waals surface area contributed by atoms with Gasteiger partial charge in [0.25, 0.3) is 0 Å². The minimum Gasteiger partial charge on any atom is -0.273 e. The maximum absolute atomic E-state index is 12.1. The topological polar surface area (TPSA) is 50.8 Å². The molecular formula is C12H15N3OS. The summed E-state index contributed by atoms with van der Waals surface area (Å²) < 4.78 is 3.07. The van der Waals surface area contributed by atoms with Crippen LogP contribution in [0.3, 0.4) is 0 Å². The van der Waals surface area contributed by atoms with Gasteiger partial charge >= 0.3 is 5.69 Å². The third-order valence-corrected chi connectivity index (χ3v) is 3.70. The van der Waals surface area contributed by atoms with Crippen molar-refractivity contribution >= 4 is 11.5 Å². The van der Waals surface area contributed by atoms with Crippen molar-refractivity contribution in [3.8, 4) is 5.69 Å². The summed E-state index contributed by atoms with van der Waals surface area (Å²) >= 11 is 1.19. The van der Waals surface area contributed by atoms with Crippen LogP contribution in [-0.4, -0.2) is 8.52 Å². The van der Waals surface area contributed by atoms with Crippen molar-refractivity contribution in [1.29, 1.82) is 5.41 Å². The molecule has 0 saturated carbocycles. The maximum Gasteiger partial charge on any atom is 0.344 e. The summed E-state index contributed by atoms with van der Waals surface area (Å²) in [6.45, 7) is 4.57. The first-order valence-electron chi connectivity index (χ1n) is 5.65. The van der Waals surface area contributed by atoms with Gasteiger partial charge in [-0.05, 0) is 36.5 Å². The number of aromatic nitrogens is 2. The Hall–Kier alpha value is -1.62. The molecule has 0 aliphatic rings. The number of nitrogens with one attached hydrogen (secondary N) is 1. The highest BCUT2D eigenvalue weighted by Crippen LogP contribution is 2.12. The SMILES string of the molecule is CCc1ccccc1-n1c(=N)sn(CC)c1=O. The van der Waals surface area contributed by atoms with Crippen LogP contribution in [0.4, 0.5) is 0 Å². The molecule has 0 bridgehead atoms. The van der Waals surface area contributed by atoms with E-state index in [2.05, 4.69) is 0 Å². The molecule has 0 atom stereocenters. The van der Waals surface area contributed by atoms with E-state index in [-0.39, 0.29) is 10.5 Å². The fraction of sp³-hybridized carbons (Fsp3) is 0.333. The standard InChI is InChI=1S/C12H15N3OS/c1-3-9-7-5-6-8-10(9)15-11(13)17-14(4-2)12(15)16/h5-8,13H,3-4H2,1-2H3. The quantitative estimate of drug-likeness (QED) is 0.885. The van der Waals surface area contributed by atoms with Crippen molar-refractivity contribution < 1.29 is 0 Å². The Kier molecular flexibility index (Phi) is 3.28. The van der Waals surface area contributed by atoms with Gasteiger partial charge in [-0.3, -0.25) is 5.41 Å². The summed E-state index contributed by atoms with van der Waals surface area (Å²) in [5.74, 6) is 0. The molecular weight excluding hydrogens is 234 g/mol. The first kappa shape index (κ1) is 11.9. The fourth-order valence-electron chi connectivity index (χ4n) is 1.82. The van der Waals surface area contributed by atoms with Crippen molar-refractivity contribution in [2.45, 2.75) is 26.8 Å². The summed E-state index contributed by atoms with van der Waals surface area (Å²) in [4.78, 5) is 12.4. The number of aryl methyl sites for hydroxylation is 2. The summed E-state index contributed by atoms with van der Waals surface area (Å²) in [6.07, 6.45) is 0.851. The molecule has 1 aromatic heterocycles. The predicted molar refractivity (Wildman–Crippen MR) is 68.8 cm³/mol. The maximum atomic E-state index is 12.1. The number of hydrogen-bond donors (Lipinski definition) is 1. The molecule has 0 aliphatic heterocycles. The Morgan fingerprint density at radius 3 is 2.59 bits per heavy atom. The second-order valence-corrected chi connectivity index (χ2v) is 4.70. The van der Waals surface area contributed by atoms with Crippen LogP contribution in [0.15, 0.2) is 29.1 Å². The minimum atomic E-state index is -0.122.